The normalized spacial score (nSPS) is 27.3. The van der Waals surface area contributed by atoms with Crippen LogP contribution in [-0.2, 0) is 6.54 Å². The minimum Gasteiger partial charge on any atom is -0.306 e. The van der Waals surface area contributed by atoms with Gasteiger partial charge in [-0.05, 0) is 71.9 Å². The second-order valence-corrected chi connectivity index (χ2v) is 9.47. The summed E-state index contributed by atoms with van der Waals surface area (Å²) in [7, 11) is 0. The van der Waals surface area contributed by atoms with E-state index in [4.69, 9.17) is 5.53 Å². The minimum atomic E-state index is -0.335. The summed E-state index contributed by atoms with van der Waals surface area (Å²) < 4.78 is 1.81. The molecule has 31 heavy (non-hydrogen) atoms. The molecule has 0 amide bonds. The third-order valence-corrected chi connectivity index (χ3v) is 7.86. The second kappa shape index (κ2) is 6.91. The van der Waals surface area contributed by atoms with Gasteiger partial charge in [0.1, 0.15) is 0 Å². The fourth-order valence-electron chi connectivity index (χ4n) is 6.18. The quantitative estimate of drug-likeness (QED) is 0.398. The molecule has 4 aromatic rings. The van der Waals surface area contributed by atoms with Gasteiger partial charge >= 0.3 is 5.69 Å². The average molecular weight is 411 g/mol. The van der Waals surface area contributed by atoms with Gasteiger partial charge in [-0.2, -0.15) is 5.11 Å². The molecule has 4 atom stereocenters. The molecule has 0 aliphatic heterocycles. The van der Waals surface area contributed by atoms with Gasteiger partial charge in [0.15, 0.2) is 0 Å². The van der Waals surface area contributed by atoms with E-state index in [-0.39, 0.29) is 11.2 Å². The number of para-hydroxylation sites is 2. The van der Waals surface area contributed by atoms with Crippen LogP contribution >= 0.6 is 0 Å². The van der Waals surface area contributed by atoms with Crippen LogP contribution < -0.4 is 5.69 Å². The number of aromatic amines is 1. The van der Waals surface area contributed by atoms with Crippen molar-refractivity contribution in [3.05, 3.63) is 82.8 Å². The number of hydrogen-bond acceptors (Lipinski definition) is 3. The van der Waals surface area contributed by atoms with Crippen LogP contribution in [0.3, 0.4) is 0 Å². The maximum Gasteiger partial charge on any atom is 0.326 e. The Balaban J connectivity index is 1.22. The average Bonchev–Trinajstić information content (AvgIpc) is 3.26. The number of H-pyrrole nitrogens is 1. The molecule has 5 nitrogen and oxygen atoms in total. The summed E-state index contributed by atoms with van der Waals surface area (Å²) in [6.45, 7) is 0.602. The molecule has 1 aromatic heterocycles. The Kier molecular flexibility index (Phi) is 4.13. The molecule has 2 N–H and O–H groups in total. The molecular formula is C26H26N4O. The van der Waals surface area contributed by atoms with Crippen molar-refractivity contribution < 1.29 is 0 Å². The van der Waals surface area contributed by atoms with Crippen LogP contribution in [0.15, 0.2) is 76.6 Å². The van der Waals surface area contributed by atoms with E-state index < -0.39 is 0 Å². The smallest absolute Gasteiger partial charge is 0.306 e. The molecule has 5 heteroatoms. The van der Waals surface area contributed by atoms with Crippen molar-refractivity contribution in [1.29, 1.82) is 5.53 Å². The first kappa shape index (κ1) is 18.6. The van der Waals surface area contributed by atoms with Crippen LogP contribution in [0.25, 0.3) is 21.8 Å². The van der Waals surface area contributed by atoms with Crippen molar-refractivity contribution in [2.24, 2.45) is 17.0 Å². The number of aryl methyl sites for hydroxylation is 1. The first-order valence-corrected chi connectivity index (χ1v) is 11.2. The van der Waals surface area contributed by atoms with Crippen LogP contribution in [0.2, 0.25) is 0 Å². The van der Waals surface area contributed by atoms with Crippen molar-refractivity contribution in [3.63, 3.8) is 0 Å². The number of nitrogens with one attached hydrogen (secondary N) is 2. The molecule has 2 aliphatic carbocycles. The predicted octanol–water partition coefficient (Wildman–Crippen LogP) is 5.86. The van der Waals surface area contributed by atoms with Crippen LogP contribution in [0, 0.1) is 17.4 Å². The van der Waals surface area contributed by atoms with Crippen LogP contribution in [0.5, 0.6) is 0 Å². The maximum absolute atomic E-state index is 12.5. The molecular weight excluding hydrogens is 384 g/mol. The molecule has 2 saturated carbocycles. The van der Waals surface area contributed by atoms with Gasteiger partial charge in [0.2, 0.25) is 0 Å². The highest BCUT2D eigenvalue weighted by atomic mass is 16.1. The molecule has 6 rings (SSSR count). The van der Waals surface area contributed by atoms with E-state index in [1.54, 1.807) is 0 Å². The van der Waals surface area contributed by atoms with Crippen LogP contribution in [0.1, 0.15) is 37.2 Å². The summed E-state index contributed by atoms with van der Waals surface area (Å²) in [5.74, 6) is 1.80. The van der Waals surface area contributed by atoms with E-state index in [0.29, 0.717) is 24.3 Å². The Morgan fingerprint density at radius 2 is 1.84 bits per heavy atom. The second-order valence-electron chi connectivity index (χ2n) is 9.47. The van der Waals surface area contributed by atoms with E-state index in [0.717, 1.165) is 30.3 Å². The largest absolute Gasteiger partial charge is 0.326 e. The summed E-state index contributed by atoms with van der Waals surface area (Å²) in [5, 5.41) is 6.76. The number of benzene rings is 3. The van der Waals surface area contributed by atoms with E-state index in [9.17, 15) is 4.79 Å². The fraction of sp³-hybridized carbons (Fsp3) is 0.346. The topological polar surface area (TPSA) is 74.0 Å². The van der Waals surface area contributed by atoms with Crippen molar-refractivity contribution in [1.82, 2.24) is 9.55 Å². The number of fused-ring (bicyclic) bond motifs is 3. The molecule has 1 heterocycles. The Labute approximate surface area is 180 Å². The van der Waals surface area contributed by atoms with E-state index in [1.165, 1.54) is 22.8 Å². The molecule has 0 saturated heterocycles. The number of hydrogen-bond donors (Lipinski definition) is 2. The Bertz CT molecular complexity index is 1350. The lowest BCUT2D eigenvalue weighted by Gasteiger charge is -2.40. The predicted molar refractivity (Wildman–Crippen MR) is 123 cm³/mol. The Hall–Kier alpha value is -3.21. The number of nitrogens with zero attached hydrogens (tertiary/aromatic N) is 2. The minimum absolute atomic E-state index is 0.0728. The van der Waals surface area contributed by atoms with Crippen LogP contribution in [0.4, 0.5) is 0 Å². The zero-order chi connectivity index (χ0) is 21.0. The van der Waals surface area contributed by atoms with Gasteiger partial charge < -0.3 is 4.98 Å². The molecule has 156 valence electrons. The lowest BCUT2D eigenvalue weighted by molar-refractivity contribution is 0.169. The lowest BCUT2D eigenvalue weighted by atomic mass is 9.64. The summed E-state index contributed by atoms with van der Waals surface area (Å²) in [5.41, 5.74) is 10.8. The first-order chi connectivity index (χ1) is 15.2. The molecule has 0 radical (unpaired) electrons. The number of aromatic nitrogens is 2. The van der Waals surface area contributed by atoms with Gasteiger partial charge in [-0.1, -0.05) is 54.6 Å². The molecule has 2 fully saturated rings. The third kappa shape index (κ3) is 2.94. The summed E-state index contributed by atoms with van der Waals surface area (Å²) >= 11 is 0. The van der Waals surface area contributed by atoms with Crippen molar-refractivity contribution in [2.75, 3.05) is 0 Å². The third-order valence-electron chi connectivity index (χ3n) is 7.86. The molecule has 0 bridgehead atoms. The van der Waals surface area contributed by atoms with Gasteiger partial charge in [-0.15, -0.1) is 0 Å². The van der Waals surface area contributed by atoms with Gasteiger partial charge in [0.25, 0.3) is 0 Å². The fourth-order valence-corrected chi connectivity index (χ4v) is 6.18. The standard InChI is InChI=1S/C26H26N4O/c27-29-26(11-12-30-24-8-4-3-7-23(24)28-25(30)31)15-20-14-21(22(20)16-26)19-10-9-17-5-1-2-6-18(17)13-19/h1-10,13,20-22,27H,11-12,14-16H2,(H,28,31). The highest BCUT2D eigenvalue weighted by Crippen LogP contribution is 2.60. The molecule has 3 aromatic carbocycles. The van der Waals surface area contributed by atoms with Gasteiger partial charge in [-0.25, -0.2) is 10.3 Å². The molecule has 2 aliphatic rings. The van der Waals surface area contributed by atoms with Crippen molar-refractivity contribution in [3.8, 4) is 0 Å². The van der Waals surface area contributed by atoms with Crippen molar-refractivity contribution >= 4 is 21.8 Å². The first-order valence-electron chi connectivity index (χ1n) is 11.2. The monoisotopic (exact) mass is 410 g/mol. The van der Waals surface area contributed by atoms with Gasteiger partial charge in [0.05, 0.1) is 16.6 Å². The van der Waals surface area contributed by atoms with Gasteiger partial charge in [-0.3, -0.25) is 4.57 Å². The van der Waals surface area contributed by atoms with Gasteiger partial charge in [0, 0.05) is 6.54 Å². The molecule has 4 unspecified atom stereocenters. The summed E-state index contributed by atoms with van der Waals surface area (Å²) in [4.78, 5) is 15.4. The molecule has 0 spiro atoms. The zero-order valence-corrected chi connectivity index (χ0v) is 17.4. The maximum atomic E-state index is 12.5. The lowest BCUT2D eigenvalue weighted by Crippen LogP contribution is -2.30. The Morgan fingerprint density at radius 1 is 1.03 bits per heavy atom. The van der Waals surface area contributed by atoms with Crippen LogP contribution in [-0.4, -0.2) is 15.1 Å². The van der Waals surface area contributed by atoms with E-state index in [1.807, 2.05) is 28.8 Å². The highest BCUT2D eigenvalue weighted by molar-refractivity contribution is 5.83. The Morgan fingerprint density at radius 3 is 2.71 bits per heavy atom. The summed E-state index contributed by atoms with van der Waals surface area (Å²) in [6, 6.07) is 23.2. The number of imidazole rings is 1. The van der Waals surface area contributed by atoms with Crippen molar-refractivity contribution in [2.45, 2.75) is 43.7 Å². The van der Waals surface area contributed by atoms with E-state index in [2.05, 4.69) is 52.6 Å². The summed E-state index contributed by atoms with van der Waals surface area (Å²) in [6.07, 6.45) is 3.86. The number of rotatable bonds is 5. The SMILES string of the molecule is N=NC1(CCn2c(=O)[nH]c3ccccc32)CC2CC(c3ccc4ccccc4c3)C2C1. The highest BCUT2D eigenvalue weighted by Gasteiger charge is 2.54. The van der Waals surface area contributed by atoms with E-state index >= 15 is 0 Å². The zero-order valence-electron chi connectivity index (χ0n) is 17.4.